The van der Waals surface area contributed by atoms with Gasteiger partial charge in [0.25, 0.3) is 0 Å². The molecule has 0 spiro atoms. The summed E-state index contributed by atoms with van der Waals surface area (Å²) in [6.45, 7) is 0. The molecule has 0 aliphatic heterocycles. The monoisotopic (exact) mass is 191 g/mol. The van der Waals surface area contributed by atoms with E-state index < -0.39 is 0 Å². The first kappa shape index (κ1) is 8.50. The molecular weight excluding hydrogens is 187 g/mol. The topological polar surface area (TPSA) is 29.5 Å². The van der Waals surface area contributed by atoms with Crippen molar-refractivity contribution in [3.63, 3.8) is 0 Å². The minimum atomic E-state index is -0.0899. The summed E-state index contributed by atoms with van der Waals surface area (Å²) in [7, 11) is 1.45. The van der Waals surface area contributed by atoms with Crippen molar-refractivity contribution >= 4 is 23.2 Å². The van der Waals surface area contributed by atoms with Crippen LogP contribution in [0, 0.1) is 6.07 Å². The molecule has 0 heterocycles. The van der Waals surface area contributed by atoms with Gasteiger partial charge in [0.05, 0.1) is 17.2 Å². The van der Waals surface area contributed by atoms with Crippen molar-refractivity contribution in [1.29, 1.82) is 0 Å². The molecule has 0 aromatic heterocycles. The Morgan fingerprint density at radius 1 is 1.45 bits per heavy atom. The molecule has 0 saturated carbocycles. The lowest BCUT2D eigenvalue weighted by Crippen LogP contribution is -1.83. The molecule has 59 valence electrons. The van der Waals surface area contributed by atoms with Gasteiger partial charge in [-0.05, 0) is 0 Å². The first-order valence-corrected chi connectivity index (χ1v) is 3.55. The molecule has 2 nitrogen and oxygen atoms in total. The molecule has 0 bridgehead atoms. The van der Waals surface area contributed by atoms with Crippen LogP contribution >= 0.6 is 23.2 Å². The van der Waals surface area contributed by atoms with Gasteiger partial charge in [0, 0.05) is 12.1 Å². The molecule has 0 unspecified atom stereocenters. The molecule has 1 aromatic rings. The number of hydrogen-bond acceptors (Lipinski definition) is 2. The Morgan fingerprint density at radius 3 is 2.64 bits per heavy atom. The zero-order valence-electron chi connectivity index (χ0n) is 5.69. The van der Waals surface area contributed by atoms with Crippen LogP contribution in [0.2, 0.25) is 10.0 Å². The van der Waals surface area contributed by atoms with Gasteiger partial charge in [0.1, 0.15) is 11.5 Å². The highest BCUT2D eigenvalue weighted by Crippen LogP contribution is 2.33. The van der Waals surface area contributed by atoms with Crippen LogP contribution in [0.3, 0.4) is 0 Å². The summed E-state index contributed by atoms with van der Waals surface area (Å²) in [6, 6.07) is 3.85. The summed E-state index contributed by atoms with van der Waals surface area (Å²) in [4.78, 5) is 0. The van der Waals surface area contributed by atoms with E-state index in [1.807, 2.05) is 0 Å². The quantitative estimate of drug-likeness (QED) is 0.740. The van der Waals surface area contributed by atoms with E-state index in [1.165, 1.54) is 13.2 Å². The molecule has 0 amide bonds. The molecule has 0 atom stereocenters. The second kappa shape index (κ2) is 3.20. The van der Waals surface area contributed by atoms with Crippen molar-refractivity contribution in [3.05, 3.63) is 22.2 Å². The van der Waals surface area contributed by atoms with Crippen LogP contribution in [0.4, 0.5) is 0 Å². The molecule has 1 rings (SSSR count). The molecular formula is C7H5Cl2O2. The van der Waals surface area contributed by atoms with Crippen LogP contribution in [0.1, 0.15) is 0 Å². The third-order valence-corrected chi connectivity index (χ3v) is 1.72. The number of aromatic hydroxyl groups is 1. The number of methoxy groups -OCH3 is 1. The normalized spacial score (nSPS) is 9.73. The van der Waals surface area contributed by atoms with Crippen LogP contribution < -0.4 is 4.74 Å². The molecule has 1 aromatic carbocycles. The lowest BCUT2D eigenvalue weighted by molar-refractivity contribution is 0.408. The molecule has 4 heteroatoms. The Bertz CT molecular complexity index is 273. The maximum absolute atomic E-state index is 9.05. The highest BCUT2D eigenvalue weighted by atomic mass is 35.5. The second-order valence-electron chi connectivity index (χ2n) is 1.85. The number of ether oxygens (including phenoxy) is 1. The van der Waals surface area contributed by atoms with Crippen LogP contribution in [0.25, 0.3) is 0 Å². The van der Waals surface area contributed by atoms with Crippen LogP contribution in [-0.2, 0) is 0 Å². The molecule has 1 radical (unpaired) electrons. The van der Waals surface area contributed by atoms with E-state index in [1.54, 1.807) is 0 Å². The third kappa shape index (κ3) is 1.70. The largest absolute Gasteiger partial charge is 0.506 e. The minimum Gasteiger partial charge on any atom is -0.506 e. The number of hydrogen-bond donors (Lipinski definition) is 1. The summed E-state index contributed by atoms with van der Waals surface area (Å²) >= 11 is 11.1. The van der Waals surface area contributed by atoms with Gasteiger partial charge in [0.2, 0.25) is 0 Å². The minimum absolute atomic E-state index is 0.0899. The number of benzene rings is 1. The fraction of sp³-hybridized carbons (Fsp3) is 0.143. The molecule has 0 aliphatic rings. The Balaban J connectivity index is 3.21. The second-order valence-corrected chi connectivity index (χ2v) is 2.61. The van der Waals surface area contributed by atoms with Gasteiger partial charge in [-0.25, -0.2) is 0 Å². The van der Waals surface area contributed by atoms with Gasteiger partial charge in [-0.1, -0.05) is 23.2 Å². The highest BCUT2D eigenvalue weighted by Gasteiger charge is 2.06. The predicted molar refractivity (Wildman–Crippen MR) is 43.5 cm³/mol. The number of phenols is 1. The van der Waals surface area contributed by atoms with Crippen molar-refractivity contribution in [2.45, 2.75) is 0 Å². The number of rotatable bonds is 1. The standard InChI is InChI=1S/C7H5Cl2O2/c1-11-7-3-6(10)4(8)2-5(7)9/h3,10H,1H3. The summed E-state index contributed by atoms with van der Waals surface area (Å²) < 4.78 is 4.80. The fourth-order valence-electron chi connectivity index (χ4n) is 0.621. The third-order valence-electron chi connectivity index (χ3n) is 1.15. The molecule has 1 N–H and O–H groups in total. The average molecular weight is 192 g/mol. The van der Waals surface area contributed by atoms with Crippen molar-refractivity contribution in [3.8, 4) is 11.5 Å². The van der Waals surface area contributed by atoms with Gasteiger partial charge < -0.3 is 9.84 Å². The maximum atomic E-state index is 9.05. The van der Waals surface area contributed by atoms with Gasteiger partial charge in [-0.15, -0.1) is 0 Å². The van der Waals surface area contributed by atoms with E-state index >= 15 is 0 Å². The first-order chi connectivity index (χ1) is 5.15. The Labute approximate surface area is 74.3 Å². The summed E-state index contributed by atoms with van der Waals surface area (Å²) in [5.74, 6) is 0.265. The van der Waals surface area contributed by atoms with E-state index in [0.29, 0.717) is 5.75 Å². The zero-order valence-corrected chi connectivity index (χ0v) is 7.20. The zero-order chi connectivity index (χ0) is 8.43. The van der Waals surface area contributed by atoms with E-state index in [4.69, 9.17) is 33.0 Å². The van der Waals surface area contributed by atoms with Gasteiger partial charge in [0.15, 0.2) is 0 Å². The molecule has 0 aliphatic carbocycles. The van der Waals surface area contributed by atoms with E-state index in [0.717, 1.165) is 0 Å². The molecule has 0 saturated heterocycles. The number of halogens is 2. The van der Waals surface area contributed by atoms with Gasteiger partial charge in [-0.3, -0.25) is 0 Å². The van der Waals surface area contributed by atoms with E-state index in [-0.39, 0.29) is 15.8 Å². The van der Waals surface area contributed by atoms with E-state index in [2.05, 4.69) is 6.07 Å². The Hall–Kier alpha value is -0.600. The Morgan fingerprint density at radius 2 is 2.09 bits per heavy atom. The molecule has 11 heavy (non-hydrogen) atoms. The molecule has 0 fully saturated rings. The SMILES string of the molecule is COc1cc(O)c(Cl)[c]c1Cl. The van der Waals surface area contributed by atoms with Crippen LogP contribution in [0.15, 0.2) is 6.07 Å². The van der Waals surface area contributed by atoms with Gasteiger partial charge in [-0.2, -0.15) is 0 Å². The summed E-state index contributed by atoms with van der Waals surface area (Å²) in [5.41, 5.74) is 0. The summed E-state index contributed by atoms with van der Waals surface area (Å²) in [6.07, 6.45) is 0. The fourth-order valence-corrected chi connectivity index (χ4v) is 1.05. The highest BCUT2D eigenvalue weighted by molar-refractivity contribution is 6.36. The van der Waals surface area contributed by atoms with Crippen LogP contribution in [-0.4, -0.2) is 12.2 Å². The number of phenolic OH excluding ortho intramolecular Hbond substituents is 1. The van der Waals surface area contributed by atoms with Crippen molar-refractivity contribution in [1.82, 2.24) is 0 Å². The van der Waals surface area contributed by atoms with Crippen molar-refractivity contribution < 1.29 is 9.84 Å². The smallest absolute Gasteiger partial charge is 0.141 e. The lowest BCUT2D eigenvalue weighted by Gasteiger charge is -2.03. The average Bonchev–Trinajstić information content (AvgIpc) is 1.97. The van der Waals surface area contributed by atoms with Crippen molar-refractivity contribution in [2.24, 2.45) is 0 Å². The van der Waals surface area contributed by atoms with Gasteiger partial charge >= 0.3 is 0 Å². The van der Waals surface area contributed by atoms with Crippen LogP contribution in [0.5, 0.6) is 11.5 Å². The first-order valence-electron chi connectivity index (χ1n) is 2.79. The predicted octanol–water partition coefficient (Wildman–Crippen LogP) is 2.51. The lowest BCUT2D eigenvalue weighted by atomic mass is 10.3. The van der Waals surface area contributed by atoms with E-state index in [9.17, 15) is 0 Å². The summed E-state index contributed by atoms with van der Waals surface area (Å²) in [5, 5.41) is 9.41. The maximum Gasteiger partial charge on any atom is 0.141 e. The van der Waals surface area contributed by atoms with Crippen molar-refractivity contribution in [2.75, 3.05) is 7.11 Å². The Kier molecular flexibility index (Phi) is 2.47.